The molecule has 1 heterocycles. The van der Waals surface area contributed by atoms with Crippen LogP contribution in [0.4, 0.5) is 0 Å². The third-order valence-electron chi connectivity index (χ3n) is 4.14. The van der Waals surface area contributed by atoms with Crippen LogP contribution in [-0.4, -0.2) is 30.6 Å². The van der Waals surface area contributed by atoms with Gasteiger partial charge in [0, 0.05) is 31.0 Å². The van der Waals surface area contributed by atoms with Gasteiger partial charge in [0.05, 0.1) is 6.61 Å². The summed E-state index contributed by atoms with van der Waals surface area (Å²) >= 11 is 0. The van der Waals surface area contributed by atoms with E-state index >= 15 is 0 Å². The molecule has 6 heteroatoms. The zero-order chi connectivity index (χ0) is 18.6. The number of nitrogens with one attached hydrogen (secondary N) is 2. The number of hydrogen-bond acceptors (Lipinski definition) is 4. The summed E-state index contributed by atoms with van der Waals surface area (Å²) in [6.45, 7) is 10.0. The molecular weight excluding hydrogens is 320 g/mol. The van der Waals surface area contributed by atoms with Gasteiger partial charge in [-0.1, -0.05) is 13.8 Å². The van der Waals surface area contributed by atoms with Crippen molar-refractivity contribution < 1.29 is 19.1 Å². The minimum Gasteiger partial charge on any atom is -0.494 e. The van der Waals surface area contributed by atoms with E-state index in [1.54, 1.807) is 0 Å². The molecule has 1 aromatic carbocycles. The summed E-state index contributed by atoms with van der Waals surface area (Å²) in [6.07, 6.45) is 1.01. The number of carbonyl (C=O) groups is 2. The first-order chi connectivity index (χ1) is 11.8. The molecule has 138 valence electrons. The number of amides is 2. The Morgan fingerprint density at radius 3 is 2.68 bits per heavy atom. The molecule has 0 aliphatic carbocycles. The van der Waals surface area contributed by atoms with Crippen LogP contribution in [-0.2, 0) is 22.6 Å². The van der Waals surface area contributed by atoms with Gasteiger partial charge in [-0.25, -0.2) is 0 Å². The van der Waals surface area contributed by atoms with Crippen LogP contribution in [0.3, 0.4) is 0 Å². The average molecular weight is 348 g/mol. The molecule has 0 radical (unpaired) electrons. The van der Waals surface area contributed by atoms with Crippen LogP contribution in [0.25, 0.3) is 0 Å². The minimum absolute atomic E-state index is 0.000495. The van der Waals surface area contributed by atoms with Gasteiger partial charge in [0.15, 0.2) is 0 Å². The maximum Gasteiger partial charge on any atom is 0.243 e. The van der Waals surface area contributed by atoms with Crippen LogP contribution >= 0.6 is 0 Å². The van der Waals surface area contributed by atoms with E-state index in [1.807, 2.05) is 39.8 Å². The Balaban J connectivity index is 2.12. The van der Waals surface area contributed by atoms with Gasteiger partial charge in [-0.2, -0.15) is 0 Å². The van der Waals surface area contributed by atoms with E-state index in [0.717, 1.165) is 29.0 Å². The summed E-state index contributed by atoms with van der Waals surface area (Å²) in [4.78, 5) is 23.8. The third kappa shape index (κ3) is 4.87. The second-order valence-electron chi connectivity index (χ2n) is 6.77. The van der Waals surface area contributed by atoms with Gasteiger partial charge in [-0.05, 0) is 31.9 Å². The van der Waals surface area contributed by atoms with E-state index < -0.39 is 6.04 Å². The summed E-state index contributed by atoms with van der Waals surface area (Å²) in [5.41, 5.74) is 2.00. The highest BCUT2D eigenvalue weighted by Gasteiger charge is 2.25. The predicted octanol–water partition coefficient (Wildman–Crippen LogP) is 2.19. The number of benzene rings is 1. The molecule has 6 nitrogen and oxygen atoms in total. The molecule has 0 bridgehead atoms. The molecule has 0 aromatic heterocycles. The maximum absolute atomic E-state index is 12.5. The Morgan fingerprint density at radius 1 is 1.36 bits per heavy atom. The van der Waals surface area contributed by atoms with Crippen LogP contribution in [0.5, 0.6) is 11.5 Å². The number of fused-ring (bicyclic) bond motifs is 1. The van der Waals surface area contributed by atoms with E-state index in [9.17, 15) is 9.59 Å². The number of hydrogen-bond donors (Lipinski definition) is 2. The molecule has 1 aliphatic rings. The van der Waals surface area contributed by atoms with Gasteiger partial charge in [-0.15, -0.1) is 0 Å². The first-order valence-electron chi connectivity index (χ1n) is 8.81. The Morgan fingerprint density at radius 2 is 2.08 bits per heavy atom. The highest BCUT2D eigenvalue weighted by Crippen LogP contribution is 2.35. The van der Waals surface area contributed by atoms with Crippen molar-refractivity contribution >= 4 is 11.8 Å². The van der Waals surface area contributed by atoms with Gasteiger partial charge in [0.25, 0.3) is 0 Å². The fourth-order valence-corrected chi connectivity index (χ4v) is 2.96. The van der Waals surface area contributed by atoms with Crippen LogP contribution in [0, 0.1) is 5.92 Å². The summed E-state index contributed by atoms with van der Waals surface area (Å²) in [5, 5.41) is 5.59. The molecular formula is C19H28N2O4. The molecule has 1 aliphatic heterocycles. The molecule has 2 unspecified atom stereocenters. The van der Waals surface area contributed by atoms with Gasteiger partial charge in [0.1, 0.15) is 23.6 Å². The molecule has 0 spiro atoms. The summed E-state index contributed by atoms with van der Waals surface area (Å²) in [6, 6.07) is 3.38. The zero-order valence-corrected chi connectivity index (χ0v) is 15.6. The molecule has 25 heavy (non-hydrogen) atoms. The Bertz CT molecular complexity index is 643. The number of ether oxygens (including phenoxy) is 2. The van der Waals surface area contributed by atoms with Gasteiger partial charge in [-0.3, -0.25) is 9.59 Å². The monoisotopic (exact) mass is 348 g/mol. The van der Waals surface area contributed by atoms with E-state index in [4.69, 9.17) is 9.47 Å². The topological polar surface area (TPSA) is 76.7 Å². The quantitative estimate of drug-likeness (QED) is 0.792. The minimum atomic E-state index is -0.557. The van der Waals surface area contributed by atoms with Crippen molar-refractivity contribution in [1.82, 2.24) is 10.6 Å². The SMILES string of the molecule is CCOc1cc2c(cc1CNC(=O)C(NC(C)=O)C(C)C)OC(C)C2. The fraction of sp³-hybridized carbons (Fsp3) is 0.579. The summed E-state index contributed by atoms with van der Waals surface area (Å²) < 4.78 is 11.5. The highest BCUT2D eigenvalue weighted by atomic mass is 16.5. The van der Waals surface area contributed by atoms with Crippen molar-refractivity contribution in [2.45, 2.75) is 59.7 Å². The largest absolute Gasteiger partial charge is 0.494 e. The summed E-state index contributed by atoms with van der Waals surface area (Å²) in [5.74, 6) is 1.19. The molecule has 2 N–H and O–H groups in total. The highest BCUT2D eigenvalue weighted by molar-refractivity contribution is 5.87. The second kappa shape index (κ2) is 8.23. The zero-order valence-electron chi connectivity index (χ0n) is 15.6. The number of rotatable bonds is 7. The molecule has 0 fully saturated rings. The van der Waals surface area contributed by atoms with Gasteiger partial charge >= 0.3 is 0 Å². The van der Waals surface area contributed by atoms with Crippen LogP contribution in [0.1, 0.15) is 45.7 Å². The normalized spacial score (nSPS) is 16.8. The smallest absolute Gasteiger partial charge is 0.243 e. The van der Waals surface area contributed by atoms with E-state index in [-0.39, 0.29) is 23.8 Å². The molecule has 2 atom stereocenters. The molecule has 2 rings (SSSR count). The third-order valence-corrected chi connectivity index (χ3v) is 4.14. The molecule has 1 aromatic rings. The van der Waals surface area contributed by atoms with Crippen molar-refractivity contribution in [2.75, 3.05) is 6.61 Å². The fourth-order valence-electron chi connectivity index (χ4n) is 2.96. The van der Waals surface area contributed by atoms with Crippen LogP contribution < -0.4 is 20.1 Å². The molecule has 0 saturated heterocycles. The van der Waals surface area contributed by atoms with Crippen LogP contribution in [0.2, 0.25) is 0 Å². The van der Waals surface area contributed by atoms with E-state index in [1.165, 1.54) is 6.92 Å². The van der Waals surface area contributed by atoms with Gasteiger partial charge < -0.3 is 20.1 Å². The Kier molecular flexibility index (Phi) is 6.28. The Hall–Kier alpha value is -2.24. The van der Waals surface area contributed by atoms with Crippen molar-refractivity contribution in [3.8, 4) is 11.5 Å². The lowest BCUT2D eigenvalue weighted by Gasteiger charge is -2.21. The van der Waals surface area contributed by atoms with Crippen molar-refractivity contribution in [1.29, 1.82) is 0 Å². The number of carbonyl (C=O) groups excluding carboxylic acids is 2. The molecule has 0 saturated carbocycles. The second-order valence-corrected chi connectivity index (χ2v) is 6.77. The first kappa shape index (κ1) is 19.1. The van der Waals surface area contributed by atoms with Crippen molar-refractivity contribution in [3.05, 3.63) is 23.3 Å². The van der Waals surface area contributed by atoms with Crippen LogP contribution in [0.15, 0.2) is 12.1 Å². The summed E-state index contributed by atoms with van der Waals surface area (Å²) in [7, 11) is 0. The van der Waals surface area contributed by atoms with Crippen molar-refractivity contribution in [2.24, 2.45) is 5.92 Å². The predicted molar refractivity (Wildman–Crippen MR) is 95.7 cm³/mol. The van der Waals surface area contributed by atoms with E-state index in [2.05, 4.69) is 10.6 Å². The van der Waals surface area contributed by atoms with Crippen molar-refractivity contribution in [3.63, 3.8) is 0 Å². The maximum atomic E-state index is 12.5. The lowest BCUT2D eigenvalue weighted by molar-refractivity contribution is -0.129. The lowest BCUT2D eigenvalue weighted by Crippen LogP contribution is -2.48. The first-order valence-corrected chi connectivity index (χ1v) is 8.81. The Labute approximate surface area is 149 Å². The average Bonchev–Trinajstić information content (AvgIpc) is 2.88. The lowest BCUT2D eigenvalue weighted by atomic mass is 10.0. The van der Waals surface area contributed by atoms with E-state index in [0.29, 0.717) is 13.2 Å². The standard InChI is InChI=1S/C19H28N2O4/c1-6-24-16-8-14-7-12(4)25-17(14)9-15(16)10-20-19(23)18(11(2)3)21-13(5)22/h8-9,11-12,18H,6-7,10H2,1-5H3,(H,20,23)(H,21,22). The molecule has 2 amide bonds. The van der Waals surface area contributed by atoms with Gasteiger partial charge in [0.2, 0.25) is 11.8 Å².